The van der Waals surface area contributed by atoms with Crippen molar-refractivity contribution in [2.24, 2.45) is 0 Å². The molecule has 0 bridgehead atoms. The number of carbonyl (C=O) groups is 1. The van der Waals surface area contributed by atoms with Crippen LogP contribution in [0.3, 0.4) is 0 Å². The number of anilines is 4. The molecule has 0 saturated carbocycles. The predicted octanol–water partition coefficient (Wildman–Crippen LogP) is 3.90. The summed E-state index contributed by atoms with van der Waals surface area (Å²) in [6.45, 7) is 4.40. The van der Waals surface area contributed by atoms with Gasteiger partial charge in [-0.15, -0.1) is 0 Å². The standard InChI is InChI=1S/C24H28N6O3/c1-17-15-22(26-18-7-9-20(32-2)10-8-18)28-23(25-17)29-11-13-30(14-12-29)24(31)27-19-5-4-6-21(16-19)33-3/h4-10,15-16H,11-14H2,1-3H3,(H,27,31)(H,25,26,28). The minimum Gasteiger partial charge on any atom is -0.497 e. The van der Waals surface area contributed by atoms with Crippen LogP contribution in [0.2, 0.25) is 0 Å². The topological polar surface area (TPSA) is 91.9 Å². The van der Waals surface area contributed by atoms with Gasteiger partial charge in [0.1, 0.15) is 17.3 Å². The number of hydrogen-bond acceptors (Lipinski definition) is 7. The smallest absolute Gasteiger partial charge is 0.321 e. The van der Waals surface area contributed by atoms with Crippen LogP contribution in [0.4, 0.5) is 27.9 Å². The minimum absolute atomic E-state index is 0.130. The Morgan fingerprint density at radius 2 is 1.61 bits per heavy atom. The molecule has 3 aromatic rings. The third-order valence-electron chi connectivity index (χ3n) is 5.38. The van der Waals surface area contributed by atoms with E-state index in [1.807, 2.05) is 55.5 Å². The van der Waals surface area contributed by atoms with Crippen LogP contribution in [0, 0.1) is 6.92 Å². The second-order valence-electron chi connectivity index (χ2n) is 7.68. The summed E-state index contributed by atoms with van der Waals surface area (Å²) in [5, 5.41) is 6.25. The van der Waals surface area contributed by atoms with E-state index in [-0.39, 0.29) is 6.03 Å². The molecule has 0 aliphatic carbocycles. The Morgan fingerprint density at radius 1 is 0.879 bits per heavy atom. The van der Waals surface area contributed by atoms with Crippen molar-refractivity contribution in [1.82, 2.24) is 14.9 Å². The number of piperazine rings is 1. The highest BCUT2D eigenvalue weighted by molar-refractivity contribution is 5.89. The fraction of sp³-hybridized carbons (Fsp3) is 0.292. The minimum atomic E-state index is -0.130. The Kier molecular flexibility index (Phi) is 6.77. The molecule has 4 rings (SSSR count). The van der Waals surface area contributed by atoms with Crippen molar-refractivity contribution in [3.8, 4) is 11.5 Å². The first kappa shape index (κ1) is 22.2. The average molecular weight is 449 g/mol. The number of ether oxygens (including phenoxy) is 2. The predicted molar refractivity (Wildman–Crippen MR) is 129 cm³/mol. The summed E-state index contributed by atoms with van der Waals surface area (Å²) in [6.07, 6.45) is 0. The van der Waals surface area contributed by atoms with Gasteiger partial charge in [-0.25, -0.2) is 9.78 Å². The summed E-state index contributed by atoms with van der Waals surface area (Å²) in [5.41, 5.74) is 2.49. The summed E-state index contributed by atoms with van der Waals surface area (Å²) < 4.78 is 10.4. The highest BCUT2D eigenvalue weighted by atomic mass is 16.5. The SMILES string of the molecule is COc1ccc(Nc2cc(C)nc(N3CCN(C(=O)Nc4cccc(OC)c4)CC3)n2)cc1. The van der Waals surface area contributed by atoms with Gasteiger partial charge in [0.25, 0.3) is 0 Å². The molecule has 1 saturated heterocycles. The Hall–Kier alpha value is -4.01. The van der Waals surface area contributed by atoms with Crippen molar-refractivity contribution in [2.45, 2.75) is 6.92 Å². The van der Waals surface area contributed by atoms with Crippen molar-refractivity contribution in [3.63, 3.8) is 0 Å². The maximum absolute atomic E-state index is 12.7. The molecule has 2 N–H and O–H groups in total. The van der Waals surface area contributed by atoms with Crippen LogP contribution in [0.25, 0.3) is 0 Å². The van der Waals surface area contributed by atoms with Crippen molar-refractivity contribution >= 4 is 29.2 Å². The van der Waals surface area contributed by atoms with Crippen LogP contribution in [0.1, 0.15) is 5.69 Å². The molecule has 2 amide bonds. The number of hydrogen-bond donors (Lipinski definition) is 2. The summed E-state index contributed by atoms with van der Waals surface area (Å²) in [7, 11) is 3.25. The number of amides is 2. The molecule has 1 aromatic heterocycles. The van der Waals surface area contributed by atoms with E-state index in [2.05, 4.69) is 20.5 Å². The molecule has 9 nitrogen and oxygen atoms in total. The molecule has 0 radical (unpaired) electrons. The number of nitrogens with one attached hydrogen (secondary N) is 2. The van der Waals surface area contributed by atoms with E-state index in [0.717, 1.165) is 22.9 Å². The molecule has 1 aliphatic rings. The zero-order valence-electron chi connectivity index (χ0n) is 19.0. The highest BCUT2D eigenvalue weighted by Crippen LogP contribution is 2.22. The molecule has 2 heterocycles. The monoisotopic (exact) mass is 448 g/mol. The molecule has 172 valence electrons. The molecule has 1 fully saturated rings. The maximum atomic E-state index is 12.7. The molecule has 1 aliphatic heterocycles. The number of aryl methyl sites for hydroxylation is 1. The number of rotatable bonds is 6. The lowest BCUT2D eigenvalue weighted by Gasteiger charge is -2.34. The summed E-state index contributed by atoms with van der Waals surface area (Å²) in [5.74, 6) is 2.88. The van der Waals surface area contributed by atoms with Crippen LogP contribution in [-0.4, -0.2) is 61.3 Å². The second-order valence-corrected chi connectivity index (χ2v) is 7.68. The number of benzene rings is 2. The van der Waals surface area contributed by atoms with Crippen molar-refractivity contribution < 1.29 is 14.3 Å². The van der Waals surface area contributed by atoms with Gasteiger partial charge in [0.05, 0.1) is 14.2 Å². The van der Waals surface area contributed by atoms with Gasteiger partial charge in [0.15, 0.2) is 0 Å². The molecule has 0 spiro atoms. The fourth-order valence-corrected chi connectivity index (χ4v) is 3.59. The number of aromatic nitrogens is 2. The Bertz CT molecular complexity index is 1100. The number of nitrogens with zero attached hydrogens (tertiary/aromatic N) is 4. The zero-order valence-corrected chi connectivity index (χ0v) is 19.0. The summed E-state index contributed by atoms with van der Waals surface area (Å²) in [4.78, 5) is 25.9. The lowest BCUT2D eigenvalue weighted by atomic mass is 10.3. The van der Waals surface area contributed by atoms with Crippen LogP contribution in [0.15, 0.2) is 54.6 Å². The van der Waals surface area contributed by atoms with Crippen LogP contribution in [-0.2, 0) is 0 Å². The molecular formula is C24H28N6O3. The van der Waals surface area contributed by atoms with Gasteiger partial charge in [-0.2, -0.15) is 4.98 Å². The Balaban J connectivity index is 1.37. The molecule has 0 unspecified atom stereocenters. The largest absolute Gasteiger partial charge is 0.497 e. The highest BCUT2D eigenvalue weighted by Gasteiger charge is 2.23. The molecule has 2 aromatic carbocycles. The first-order chi connectivity index (χ1) is 16.0. The first-order valence-corrected chi connectivity index (χ1v) is 10.8. The zero-order chi connectivity index (χ0) is 23.2. The van der Waals surface area contributed by atoms with Gasteiger partial charge in [-0.3, -0.25) is 0 Å². The van der Waals surface area contributed by atoms with E-state index < -0.39 is 0 Å². The number of methoxy groups -OCH3 is 2. The van der Waals surface area contributed by atoms with E-state index in [1.165, 1.54) is 0 Å². The molecule has 0 atom stereocenters. The third kappa shape index (κ3) is 5.62. The lowest BCUT2D eigenvalue weighted by molar-refractivity contribution is 0.208. The van der Waals surface area contributed by atoms with E-state index in [9.17, 15) is 4.79 Å². The maximum Gasteiger partial charge on any atom is 0.321 e. The quantitative estimate of drug-likeness (QED) is 0.591. The second kappa shape index (κ2) is 10.1. The Labute approximate surface area is 193 Å². The van der Waals surface area contributed by atoms with Gasteiger partial charge in [-0.05, 0) is 43.3 Å². The van der Waals surface area contributed by atoms with Crippen LogP contribution < -0.4 is 25.0 Å². The third-order valence-corrected chi connectivity index (χ3v) is 5.38. The van der Waals surface area contributed by atoms with Crippen molar-refractivity contribution in [3.05, 3.63) is 60.3 Å². The van der Waals surface area contributed by atoms with Crippen LogP contribution in [0.5, 0.6) is 11.5 Å². The average Bonchev–Trinajstić information content (AvgIpc) is 2.84. The van der Waals surface area contributed by atoms with Gasteiger partial charge in [-0.1, -0.05) is 6.07 Å². The van der Waals surface area contributed by atoms with E-state index >= 15 is 0 Å². The molecule has 9 heteroatoms. The van der Waals surface area contributed by atoms with E-state index in [1.54, 1.807) is 25.2 Å². The van der Waals surface area contributed by atoms with E-state index in [4.69, 9.17) is 14.5 Å². The van der Waals surface area contributed by atoms with Crippen molar-refractivity contribution in [1.29, 1.82) is 0 Å². The fourth-order valence-electron chi connectivity index (χ4n) is 3.59. The molecular weight excluding hydrogens is 420 g/mol. The summed E-state index contributed by atoms with van der Waals surface area (Å²) >= 11 is 0. The normalized spacial score (nSPS) is 13.4. The number of urea groups is 1. The van der Waals surface area contributed by atoms with E-state index in [0.29, 0.717) is 43.6 Å². The lowest BCUT2D eigenvalue weighted by Crippen LogP contribution is -2.50. The first-order valence-electron chi connectivity index (χ1n) is 10.8. The van der Waals surface area contributed by atoms with Gasteiger partial charge in [0, 0.05) is 55.4 Å². The molecule has 33 heavy (non-hydrogen) atoms. The van der Waals surface area contributed by atoms with Crippen LogP contribution >= 0.6 is 0 Å². The number of carbonyl (C=O) groups excluding carboxylic acids is 1. The Morgan fingerprint density at radius 3 is 2.30 bits per heavy atom. The van der Waals surface area contributed by atoms with Gasteiger partial charge < -0.3 is 29.9 Å². The summed E-state index contributed by atoms with van der Waals surface area (Å²) in [6, 6.07) is 16.8. The van der Waals surface area contributed by atoms with Gasteiger partial charge >= 0.3 is 6.03 Å². The van der Waals surface area contributed by atoms with Crippen molar-refractivity contribution in [2.75, 3.05) is 55.9 Å². The van der Waals surface area contributed by atoms with Gasteiger partial charge in [0.2, 0.25) is 5.95 Å².